The number of rotatable bonds is 4. The fourth-order valence-corrected chi connectivity index (χ4v) is 2.25. The van der Waals surface area contributed by atoms with Gasteiger partial charge in [0.05, 0.1) is 26.2 Å². The molecule has 0 unspecified atom stereocenters. The van der Waals surface area contributed by atoms with E-state index in [4.69, 9.17) is 34.8 Å². The Kier molecular flexibility index (Phi) is 5.54. The average molecular weight is 373 g/mol. The smallest absolute Gasteiger partial charge is 0.267 e. The Morgan fingerprint density at radius 1 is 1.09 bits per heavy atom. The van der Waals surface area contributed by atoms with Crippen molar-refractivity contribution in [1.82, 2.24) is 5.43 Å². The second kappa shape index (κ2) is 7.41. The van der Waals surface area contributed by atoms with E-state index >= 15 is 0 Å². The minimum absolute atomic E-state index is 0.109. The third kappa shape index (κ3) is 4.19. The minimum atomic E-state index is -0.553. The normalized spacial score (nSPS) is 10.7. The number of nitro groups is 1. The number of carbonyl (C=O) groups excluding carboxylic acids is 1. The van der Waals surface area contributed by atoms with E-state index in [1.165, 1.54) is 30.5 Å². The van der Waals surface area contributed by atoms with Gasteiger partial charge >= 0.3 is 0 Å². The number of hydrogen-bond donors (Lipinski definition) is 1. The molecule has 2 aromatic rings. The number of non-ortho nitro benzene ring substituents is 1. The van der Waals surface area contributed by atoms with Crippen LogP contribution in [0.25, 0.3) is 0 Å². The quantitative estimate of drug-likeness (QED) is 0.375. The van der Waals surface area contributed by atoms with Crippen LogP contribution in [0.15, 0.2) is 41.5 Å². The topological polar surface area (TPSA) is 84.6 Å². The lowest BCUT2D eigenvalue weighted by molar-refractivity contribution is -0.384. The van der Waals surface area contributed by atoms with E-state index in [0.717, 1.165) is 0 Å². The molecular formula is C14H8Cl3N3O3. The van der Waals surface area contributed by atoms with Gasteiger partial charge in [-0.05, 0) is 24.3 Å². The van der Waals surface area contributed by atoms with E-state index < -0.39 is 10.8 Å². The van der Waals surface area contributed by atoms with Crippen LogP contribution in [0.3, 0.4) is 0 Å². The first kappa shape index (κ1) is 17.2. The lowest BCUT2D eigenvalue weighted by Gasteiger charge is -2.03. The second-order valence-electron chi connectivity index (χ2n) is 4.26. The molecule has 2 aromatic carbocycles. The van der Waals surface area contributed by atoms with Crippen LogP contribution < -0.4 is 5.43 Å². The predicted octanol–water partition coefficient (Wildman–Crippen LogP) is 4.32. The molecule has 0 radical (unpaired) electrons. The van der Waals surface area contributed by atoms with Crippen molar-refractivity contribution in [3.05, 3.63) is 72.7 Å². The molecule has 9 heteroatoms. The summed E-state index contributed by atoms with van der Waals surface area (Å²) in [4.78, 5) is 21.9. The van der Waals surface area contributed by atoms with Crippen molar-refractivity contribution in [3.8, 4) is 0 Å². The fraction of sp³-hybridized carbons (Fsp3) is 0. The van der Waals surface area contributed by atoms with Crippen molar-refractivity contribution >= 4 is 52.6 Å². The Morgan fingerprint density at radius 3 is 2.30 bits per heavy atom. The molecule has 1 N–H and O–H groups in total. The Balaban J connectivity index is 2.10. The van der Waals surface area contributed by atoms with Crippen molar-refractivity contribution in [3.63, 3.8) is 0 Å². The van der Waals surface area contributed by atoms with E-state index in [9.17, 15) is 14.9 Å². The fourth-order valence-electron chi connectivity index (χ4n) is 1.62. The van der Waals surface area contributed by atoms with Gasteiger partial charge < -0.3 is 0 Å². The SMILES string of the molecule is O=C(N/N=C/c1c(Cl)ccc(Cl)c1Cl)c1ccc([N+](=O)[O-])cc1. The van der Waals surface area contributed by atoms with Gasteiger partial charge in [-0.25, -0.2) is 5.43 Å². The minimum Gasteiger partial charge on any atom is -0.267 e. The van der Waals surface area contributed by atoms with E-state index in [-0.39, 0.29) is 16.3 Å². The first-order chi connectivity index (χ1) is 10.9. The summed E-state index contributed by atoms with van der Waals surface area (Å²) in [5.41, 5.74) is 2.75. The zero-order chi connectivity index (χ0) is 17.0. The van der Waals surface area contributed by atoms with Crippen LogP contribution in [0, 0.1) is 10.1 Å². The third-order valence-corrected chi connectivity index (χ3v) is 3.93. The molecule has 0 atom stereocenters. The van der Waals surface area contributed by atoms with E-state index in [1.54, 1.807) is 12.1 Å². The maximum absolute atomic E-state index is 11.9. The highest BCUT2D eigenvalue weighted by Crippen LogP contribution is 2.29. The van der Waals surface area contributed by atoms with Crippen LogP contribution in [0.2, 0.25) is 15.1 Å². The van der Waals surface area contributed by atoms with Crippen molar-refractivity contribution in [2.24, 2.45) is 5.10 Å². The first-order valence-electron chi connectivity index (χ1n) is 6.11. The molecule has 0 saturated carbocycles. The van der Waals surface area contributed by atoms with Gasteiger partial charge in [-0.3, -0.25) is 14.9 Å². The molecule has 0 aliphatic carbocycles. The van der Waals surface area contributed by atoms with Crippen molar-refractivity contribution < 1.29 is 9.72 Å². The molecule has 0 aliphatic heterocycles. The lowest BCUT2D eigenvalue weighted by Crippen LogP contribution is -2.17. The predicted molar refractivity (Wildman–Crippen MR) is 89.6 cm³/mol. The zero-order valence-corrected chi connectivity index (χ0v) is 13.6. The number of nitrogens with one attached hydrogen (secondary N) is 1. The Morgan fingerprint density at radius 2 is 1.70 bits per heavy atom. The maximum atomic E-state index is 11.9. The highest BCUT2D eigenvalue weighted by molar-refractivity contribution is 6.45. The standard InChI is InChI=1S/C14H8Cl3N3O3/c15-11-5-6-12(16)13(17)10(11)7-18-19-14(21)8-1-3-9(4-2-8)20(22)23/h1-7H,(H,19,21)/b18-7+. The molecular weight excluding hydrogens is 365 g/mol. The number of nitro benzene ring substituents is 1. The van der Waals surface area contributed by atoms with Crippen molar-refractivity contribution in [2.45, 2.75) is 0 Å². The Labute approximate surface area is 145 Å². The van der Waals surface area contributed by atoms with Crippen molar-refractivity contribution in [1.29, 1.82) is 0 Å². The van der Waals surface area contributed by atoms with E-state index in [1.807, 2.05) is 0 Å². The first-order valence-corrected chi connectivity index (χ1v) is 7.25. The molecule has 6 nitrogen and oxygen atoms in total. The van der Waals surface area contributed by atoms with Crippen molar-refractivity contribution in [2.75, 3.05) is 0 Å². The Hall–Kier alpha value is -2.15. The van der Waals surface area contributed by atoms with Crippen LogP contribution in [0.1, 0.15) is 15.9 Å². The molecule has 0 fully saturated rings. The summed E-state index contributed by atoms with van der Waals surface area (Å²) in [7, 11) is 0. The molecule has 0 heterocycles. The number of hydrazone groups is 1. The number of benzene rings is 2. The van der Waals surface area contributed by atoms with Crippen LogP contribution in [0.4, 0.5) is 5.69 Å². The molecule has 0 saturated heterocycles. The molecule has 0 bridgehead atoms. The van der Waals surface area contributed by atoms with Crippen LogP contribution in [-0.4, -0.2) is 17.0 Å². The summed E-state index contributed by atoms with van der Waals surface area (Å²) in [6.07, 6.45) is 1.26. The zero-order valence-electron chi connectivity index (χ0n) is 11.3. The highest BCUT2D eigenvalue weighted by Gasteiger charge is 2.10. The number of amides is 1. The van der Waals surface area contributed by atoms with Crippen LogP contribution in [-0.2, 0) is 0 Å². The van der Waals surface area contributed by atoms with Crippen LogP contribution >= 0.6 is 34.8 Å². The van der Waals surface area contributed by atoms with E-state index in [0.29, 0.717) is 15.6 Å². The molecule has 23 heavy (non-hydrogen) atoms. The molecule has 2 rings (SSSR count). The number of hydrogen-bond acceptors (Lipinski definition) is 4. The maximum Gasteiger partial charge on any atom is 0.271 e. The summed E-state index contributed by atoms with van der Waals surface area (Å²) in [6.45, 7) is 0. The van der Waals surface area contributed by atoms with Gasteiger partial charge in [-0.1, -0.05) is 34.8 Å². The van der Waals surface area contributed by atoms with Gasteiger partial charge in [-0.2, -0.15) is 5.10 Å². The second-order valence-corrected chi connectivity index (χ2v) is 5.45. The highest BCUT2D eigenvalue weighted by atomic mass is 35.5. The molecule has 0 aliphatic rings. The summed E-state index contributed by atoms with van der Waals surface area (Å²) < 4.78 is 0. The summed E-state index contributed by atoms with van der Waals surface area (Å²) in [6, 6.07) is 8.19. The lowest BCUT2D eigenvalue weighted by atomic mass is 10.2. The van der Waals surface area contributed by atoms with Crippen LogP contribution in [0.5, 0.6) is 0 Å². The van der Waals surface area contributed by atoms with Gasteiger partial charge in [0, 0.05) is 23.3 Å². The third-order valence-electron chi connectivity index (χ3n) is 2.78. The number of halogens is 3. The Bertz CT molecular complexity index is 792. The molecule has 118 valence electrons. The largest absolute Gasteiger partial charge is 0.271 e. The number of nitrogens with zero attached hydrogens (tertiary/aromatic N) is 2. The molecule has 1 amide bonds. The summed E-state index contributed by atoms with van der Waals surface area (Å²) >= 11 is 17.8. The van der Waals surface area contributed by atoms with Gasteiger partial charge in [0.15, 0.2) is 0 Å². The van der Waals surface area contributed by atoms with Gasteiger partial charge in [-0.15, -0.1) is 0 Å². The summed E-state index contributed by atoms with van der Waals surface area (Å²) in [5.74, 6) is -0.537. The number of carbonyl (C=O) groups is 1. The van der Waals surface area contributed by atoms with Gasteiger partial charge in [0.25, 0.3) is 11.6 Å². The van der Waals surface area contributed by atoms with Gasteiger partial charge in [0.2, 0.25) is 0 Å². The summed E-state index contributed by atoms with van der Waals surface area (Å²) in [5, 5.41) is 15.1. The molecule has 0 spiro atoms. The molecule has 0 aromatic heterocycles. The monoisotopic (exact) mass is 371 g/mol. The van der Waals surface area contributed by atoms with E-state index in [2.05, 4.69) is 10.5 Å². The van der Waals surface area contributed by atoms with Gasteiger partial charge in [0.1, 0.15) is 0 Å². The average Bonchev–Trinajstić information content (AvgIpc) is 2.54.